The Morgan fingerprint density at radius 3 is 3.00 bits per heavy atom. The minimum Gasteiger partial charge on any atom is -0.493 e. The Morgan fingerprint density at radius 2 is 2.33 bits per heavy atom. The van der Waals surface area contributed by atoms with E-state index >= 15 is 0 Å². The molecule has 4 heteroatoms. The Morgan fingerprint density at radius 1 is 1.56 bits per heavy atom. The first-order valence-electron chi connectivity index (χ1n) is 6.77. The highest BCUT2D eigenvalue weighted by atomic mass is 16.5. The first kappa shape index (κ1) is 13.1. The molecule has 1 aliphatic carbocycles. The summed E-state index contributed by atoms with van der Waals surface area (Å²) in [5.74, 6) is 1.64. The second-order valence-electron chi connectivity index (χ2n) is 5.19. The van der Waals surface area contributed by atoms with Crippen molar-refractivity contribution in [3.63, 3.8) is 0 Å². The lowest BCUT2D eigenvalue weighted by molar-refractivity contribution is 0.0848. The third-order valence-electron chi connectivity index (χ3n) is 4.09. The van der Waals surface area contributed by atoms with E-state index in [-0.39, 0.29) is 11.7 Å². The van der Waals surface area contributed by atoms with Crippen LogP contribution in [0.5, 0.6) is 5.75 Å². The second kappa shape index (κ2) is 5.55. The zero-order valence-corrected chi connectivity index (χ0v) is 11.5. The highest BCUT2D eigenvalue weighted by Gasteiger charge is 2.30. The van der Waals surface area contributed by atoms with Gasteiger partial charge in [0.1, 0.15) is 5.69 Å². The third-order valence-corrected chi connectivity index (χ3v) is 4.09. The lowest BCUT2D eigenvalue weighted by atomic mass is 9.77. The van der Waals surface area contributed by atoms with Crippen molar-refractivity contribution in [2.75, 3.05) is 7.11 Å². The van der Waals surface area contributed by atoms with Gasteiger partial charge in [-0.05, 0) is 18.8 Å². The van der Waals surface area contributed by atoms with Gasteiger partial charge in [-0.25, -0.2) is 0 Å². The molecule has 18 heavy (non-hydrogen) atoms. The molecule has 1 aromatic heterocycles. The maximum atomic E-state index is 12.6. The average molecular weight is 250 g/mol. The first-order valence-corrected chi connectivity index (χ1v) is 6.77. The van der Waals surface area contributed by atoms with E-state index in [4.69, 9.17) is 4.74 Å². The van der Waals surface area contributed by atoms with Gasteiger partial charge in [-0.1, -0.05) is 26.2 Å². The molecule has 0 radical (unpaired) electrons. The average Bonchev–Trinajstić information content (AvgIpc) is 2.79. The van der Waals surface area contributed by atoms with Gasteiger partial charge in [-0.2, -0.15) is 5.10 Å². The Hall–Kier alpha value is -1.32. The minimum absolute atomic E-state index is 0.146. The standard InChI is InChI=1S/C14H22N2O2/c1-4-10-6-5-7-11(8-10)14(17)13-12(18-3)9-15-16(13)2/h9-11H,4-8H2,1-3H3. The normalized spacial score (nSPS) is 23.9. The highest BCUT2D eigenvalue weighted by Crippen LogP contribution is 2.34. The zero-order valence-electron chi connectivity index (χ0n) is 11.5. The van der Waals surface area contributed by atoms with Crippen LogP contribution in [0.2, 0.25) is 0 Å². The molecule has 0 bridgehead atoms. The van der Waals surface area contributed by atoms with Gasteiger partial charge in [0.05, 0.1) is 13.3 Å². The molecule has 0 spiro atoms. The number of hydrogen-bond acceptors (Lipinski definition) is 3. The number of nitrogens with zero attached hydrogens (tertiary/aromatic N) is 2. The van der Waals surface area contributed by atoms with Crippen LogP contribution in [0.25, 0.3) is 0 Å². The molecule has 1 fully saturated rings. The number of ketones is 1. The summed E-state index contributed by atoms with van der Waals surface area (Å²) in [5.41, 5.74) is 0.624. The van der Waals surface area contributed by atoms with E-state index in [0.29, 0.717) is 17.4 Å². The fraction of sp³-hybridized carbons (Fsp3) is 0.714. The Labute approximate surface area is 108 Å². The molecule has 100 valence electrons. The van der Waals surface area contributed by atoms with E-state index in [1.54, 1.807) is 25.0 Å². The predicted molar refractivity (Wildman–Crippen MR) is 69.8 cm³/mol. The molecule has 0 aromatic carbocycles. The molecule has 0 amide bonds. The van der Waals surface area contributed by atoms with Crippen molar-refractivity contribution in [3.8, 4) is 5.75 Å². The summed E-state index contributed by atoms with van der Waals surface area (Å²) in [7, 11) is 3.39. The Bertz CT molecular complexity index is 425. The molecule has 1 aliphatic rings. The summed E-state index contributed by atoms with van der Waals surface area (Å²) in [6, 6.07) is 0. The van der Waals surface area contributed by atoms with E-state index in [1.165, 1.54) is 12.8 Å². The van der Waals surface area contributed by atoms with Gasteiger partial charge in [-0.15, -0.1) is 0 Å². The van der Waals surface area contributed by atoms with Crippen molar-refractivity contribution in [1.29, 1.82) is 0 Å². The summed E-state index contributed by atoms with van der Waals surface area (Å²) < 4.78 is 6.86. The molecular weight excluding hydrogens is 228 g/mol. The number of Topliss-reactive ketones (excluding diaryl/α,β-unsaturated/α-hetero) is 1. The van der Waals surface area contributed by atoms with Crippen LogP contribution in [0, 0.1) is 11.8 Å². The number of aromatic nitrogens is 2. The van der Waals surface area contributed by atoms with Crippen molar-refractivity contribution in [2.45, 2.75) is 39.0 Å². The molecule has 1 saturated carbocycles. The molecule has 1 aromatic rings. The monoisotopic (exact) mass is 250 g/mol. The number of aryl methyl sites for hydroxylation is 1. The van der Waals surface area contributed by atoms with Crippen LogP contribution in [0.4, 0.5) is 0 Å². The third kappa shape index (κ3) is 2.42. The predicted octanol–water partition coefficient (Wildman–Crippen LogP) is 2.83. The fourth-order valence-corrected chi connectivity index (χ4v) is 2.94. The number of methoxy groups -OCH3 is 1. The molecule has 0 aliphatic heterocycles. The lowest BCUT2D eigenvalue weighted by Gasteiger charge is -2.27. The number of hydrogen-bond donors (Lipinski definition) is 0. The molecule has 1 heterocycles. The number of carbonyl (C=O) groups excluding carboxylic acids is 1. The van der Waals surface area contributed by atoms with E-state index in [9.17, 15) is 4.79 Å². The van der Waals surface area contributed by atoms with E-state index in [1.807, 2.05) is 0 Å². The molecule has 0 N–H and O–H groups in total. The second-order valence-corrected chi connectivity index (χ2v) is 5.19. The molecule has 2 unspecified atom stereocenters. The van der Waals surface area contributed by atoms with Crippen molar-refractivity contribution in [2.24, 2.45) is 18.9 Å². The SMILES string of the molecule is CCC1CCCC(C(=O)c2c(OC)cnn2C)C1. The van der Waals surface area contributed by atoms with Crippen molar-refractivity contribution < 1.29 is 9.53 Å². The fourth-order valence-electron chi connectivity index (χ4n) is 2.94. The molecule has 4 nitrogen and oxygen atoms in total. The van der Waals surface area contributed by atoms with Crippen LogP contribution in [-0.4, -0.2) is 22.7 Å². The molecule has 2 rings (SSSR count). The number of carbonyl (C=O) groups is 1. The first-order chi connectivity index (χ1) is 8.67. The smallest absolute Gasteiger partial charge is 0.187 e. The van der Waals surface area contributed by atoms with Gasteiger partial charge >= 0.3 is 0 Å². The van der Waals surface area contributed by atoms with Crippen molar-refractivity contribution in [1.82, 2.24) is 9.78 Å². The molecule has 0 saturated heterocycles. The molecular formula is C14H22N2O2. The van der Waals surface area contributed by atoms with E-state index < -0.39 is 0 Å². The minimum atomic E-state index is 0.146. The van der Waals surface area contributed by atoms with Crippen LogP contribution in [0.1, 0.15) is 49.5 Å². The summed E-state index contributed by atoms with van der Waals surface area (Å²) in [6.07, 6.45) is 7.24. The maximum absolute atomic E-state index is 12.6. The van der Waals surface area contributed by atoms with Gasteiger partial charge in [0.2, 0.25) is 0 Å². The Balaban J connectivity index is 2.17. The van der Waals surface area contributed by atoms with Crippen molar-refractivity contribution >= 4 is 5.78 Å². The van der Waals surface area contributed by atoms with Gasteiger partial charge in [0.25, 0.3) is 0 Å². The van der Waals surface area contributed by atoms with Crippen LogP contribution in [0.3, 0.4) is 0 Å². The van der Waals surface area contributed by atoms with Gasteiger partial charge in [-0.3, -0.25) is 9.48 Å². The van der Waals surface area contributed by atoms with Gasteiger partial charge < -0.3 is 4.74 Å². The zero-order chi connectivity index (χ0) is 13.1. The van der Waals surface area contributed by atoms with Gasteiger partial charge in [0, 0.05) is 13.0 Å². The van der Waals surface area contributed by atoms with Crippen LogP contribution >= 0.6 is 0 Å². The summed E-state index contributed by atoms with van der Waals surface area (Å²) in [4.78, 5) is 12.6. The van der Waals surface area contributed by atoms with Crippen LogP contribution < -0.4 is 4.74 Å². The number of rotatable bonds is 4. The van der Waals surface area contributed by atoms with Crippen LogP contribution in [0.15, 0.2) is 6.20 Å². The summed E-state index contributed by atoms with van der Waals surface area (Å²) in [5, 5.41) is 4.11. The summed E-state index contributed by atoms with van der Waals surface area (Å²) in [6.45, 7) is 2.21. The quantitative estimate of drug-likeness (QED) is 0.772. The van der Waals surface area contributed by atoms with Crippen LogP contribution in [-0.2, 0) is 7.05 Å². The van der Waals surface area contributed by atoms with Crippen molar-refractivity contribution in [3.05, 3.63) is 11.9 Å². The highest BCUT2D eigenvalue weighted by molar-refractivity contribution is 5.98. The van der Waals surface area contributed by atoms with E-state index in [0.717, 1.165) is 19.3 Å². The number of ether oxygens (including phenoxy) is 1. The maximum Gasteiger partial charge on any atom is 0.187 e. The van der Waals surface area contributed by atoms with E-state index in [2.05, 4.69) is 12.0 Å². The molecule has 2 atom stereocenters. The van der Waals surface area contributed by atoms with Gasteiger partial charge in [0.15, 0.2) is 11.5 Å². The topological polar surface area (TPSA) is 44.1 Å². The lowest BCUT2D eigenvalue weighted by Crippen LogP contribution is -2.24. The largest absolute Gasteiger partial charge is 0.493 e. The Kier molecular flexibility index (Phi) is 4.04. The summed E-state index contributed by atoms with van der Waals surface area (Å²) >= 11 is 0.